The topological polar surface area (TPSA) is 59.9 Å². The summed E-state index contributed by atoms with van der Waals surface area (Å²) in [6, 6.07) is 28.6. The number of hydrogen-bond acceptors (Lipinski definition) is 4. The van der Waals surface area contributed by atoms with Crippen LogP contribution in [-0.4, -0.2) is 18.2 Å². The quantitative estimate of drug-likeness (QED) is 0.260. The number of rotatable bonds is 8. The Bertz CT molecular complexity index is 1270. The van der Waals surface area contributed by atoms with E-state index in [2.05, 4.69) is 10.5 Å². The molecule has 0 unspecified atom stereocenters. The van der Waals surface area contributed by atoms with Crippen molar-refractivity contribution in [2.24, 2.45) is 5.10 Å². The van der Waals surface area contributed by atoms with Gasteiger partial charge < -0.3 is 9.47 Å². The summed E-state index contributed by atoms with van der Waals surface area (Å²) in [4.78, 5) is 12.4. The molecule has 1 N–H and O–H groups in total. The van der Waals surface area contributed by atoms with Crippen molar-refractivity contribution in [2.75, 3.05) is 0 Å². The zero-order valence-corrected chi connectivity index (χ0v) is 18.8. The first kappa shape index (κ1) is 22.4. The molecule has 0 aliphatic heterocycles. The standard InChI is InChI=1S/C27H23ClN2O3/c1-19(33-26-11-5-8-22-7-2-3-10-25(22)26)27(31)30-29-17-21-6-4-9-24(16-21)32-18-20-12-14-23(28)15-13-20/h2-17,19H,18H2,1H3,(H,30,31)/b29-17-/t19-/m1/s1. The largest absolute Gasteiger partial charge is 0.489 e. The fourth-order valence-corrected chi connectivity index (χ4v) is 3.36. The van der Waals surface area contributed by atoms with Crippen LogP contribution in [0.5, 0.6) is 11.5 Å². The van der Waals surface area contributed by atoms with Crippen LogP contribution in [-0.2, 0) is 11.4 Å². The second kappa shape index (κ2) is 10.7. The van der Waals surface area contributed by atoms with Gasteiger partial charge in [-0.2, -0.15) is 5.10 Å². The lowest BCUT2D eigenvalue weighted by molar-refractivity contribution is -0.127. The summed E-state index contributed by atoms with van der Waals surface area (Å²) in [5, 5.41) is 6.76. The molecule has 0 aromatic heterocycles. The molecule has 0 fully saturated rings. The molecule has 4 aromatic carbocycles. The maximum Gasteiger partial charge on any atom is 0.280 e. The number of ether oxygens (including phenoxy) is 2. The molecule has 1 atom stereocenters. The van der Waals surface area contributed by atoms with Crippen LogP contribution in [0.4, 0.5) is 0 Å². The maximum atomic E-state index is 12.4. The van der Waals surface area contributed by atoms with Crippen molar-refractivity contribution in [1.82, 2.24) is 5.43 Å². The molecule has 1 amide bonds. The van der Waals surface area contributed by atoms with E-state index in [9.17, 15) is 4.79 Å². The van der Waals surface area contributed by atoms with Crippen LogP contribution in [0, 0.1) is 0 Å². The minimum absolute atomic E-state index is 0.339. The fraction of sp³-hybridized carbons (Fsp3) is 0.111. The van der Waals surface area contributed by atoms with Crippen molar-refractivity contribution in [1.29, 1.82) is 0 Å². The Hall–Kier alpha value is -3.83. The van der Waals surface area contributed by atoms with Gasteiger partial charge in [-0.3, -0.25) is 4.79 Å². The van der Waals surface area contributed by atoms with Crippen molar-refractivity contribution >= 4 is 34.5 Å². The molecule has 166 valence electrons. The molecule has 0 bridgehead atoms. The lowest BCUT2D eigenvalue weighted by Gasteiger charge is -2.14. The van der Waals surface area contributed by atoms with E-state index >= 15 is 0 Å². The summed E-state index contributed by atoms with van der Waals surface area (Å²) in [5.41, 5.74) is 4.35. The number of hydrazone groups is 1. The first-order chi connectivity index (χ1) is 16.1. The number of nitrogens with zero attached hydrogens (tertiary/aromatic N) is 1. The van der Waals surface area contributed by atoms with E-state index in [0.717, 1.165) is 21.9 Å². The minimum atomic E-state index is -0.706. The van der Waals surface area contributed by atoms with Gasteiger partial charge in [0.15, 0.2) is 6.10 Å². The van der Waals surface area contributed by atoms with Gasteiger partial charge in [-0.05, 0) is 53.8 Å². The molecule has 0 spiro atoms. The van der Waals surface area contributed by atoms with Crippen LogP contribution in [0.3, 0.4) is 0 Å². The fourth-order valence-electron chi connectivity index (χ4n) is 3.24. The molecule has 0 saturated heterocycles. The van der Waals surface area contributed by atoms with Crippen LogP contribution in [0.15, 0.2) is 96.1 Å². The summed E-state index contributed by atoms with van der Waals surface area (Å²) in [7, 11) is 0. The number of carbonyl (C=O) groups excluding carboxylic acids is 1. The highest BCUT2D eigenvalue weighted by Gasteiger charge is 2.15. The van der Waals surface area contributed by atoms with Gasteiger partial charge in [0.05, 0.1) is 6.21 Å². The summed E-state index contributed by atoms with van der Waals surface area (Å²) >= 11 is 5.91. The second-order valence-corrected chi connectivity index (χ2v) is 7.90. The summed E-state index contributed by atoms with van der Waals surface area (Å²) < 4.78 is 11.7. The number of benzene rings is 4. The number of halogens is 1. The second-order valence-electron chi connectivity index (χ2n) is 7.46. The van der Waals surface area contributed by atoms with E-state index in [1.807, 2.05) is 91.0 Å². The normalized spacial score (nSPS) is 11.9. The predicted molar refractivity (Wildman–Crippen MR) is 132 cm³/mol. The van der Waals surface area contributed by atoms with Gasteiger partial charge in [-0.25, -0.2) is 5.43 Å². The highest BCUT2D eigenvalue weighted by Crippen LogP contribution is 2.26. The van der Waals surface area contributed by atoms with Crippen molar-refractivity contribution in [3.05, 3.63) is 107 Å². The molecular weight excluding hydrogens is 436 g/mol. The maximum absolute atomic E-state index is 12.4. The highest BCUT2D eigenvalue weighted by atomic mass is 35.5. The third-order valence-corrected chi connectivity index (χ3v) is 5.24. The third kappa shape index (κ3) is 6.11. The number of nitrogens with one attached hydrogen (secondary N) is 1. The van der Waals surface area contributed by atoms with Crippen LogP contribution in [0.2, 0.25) is 5.02 Å². The Balaban J connectivity index is 1.32. The van der Waals surface area contributed by atoms with Gasteiger partial charge in [0.25, 0.3) is 5.91 Å². The molecular formula is C27H23ClN2O3. The molecule has 0 aliphatic rings. The van der Waals surface area contributed by atoms with Crippen molar-refractivity contribution in [3.8, 4) is 11.5 Å². The highest BCUT2D eigenvalue weighted by molar-refractivity contribution is 6.30. The Morgan fingerprint density at radius 3 is 2.61 bits per heavy atom. The zero-order chi connectivity index (χ0) is 23.0. The monoisotopic (exact) mass is 458 g/mol. The van der Waals surface area contributed by atoms with E-state index in [-0.39, 0.29) is 5.91 Å². The van der Waals surface area contributed by atoms with Crippen LogP contribution in [0.1, 0.15) is 18.1 Å². The van der Waals surface area contributed by atoms with Crippen molar-refractivity contribution < 1.29 is 14.3 Å². The first-order valence-electron chi connectivity index (χ1n) is 10.5. The number of hydrogen-bond donors (Lipinski definition) is 1. The molecule has 5 nitrogen and oxygen atoms in total. The molecule has 33 heavy (non-hydrogen) atoms. The minimum Gasteiger partial charge on any atom is -0.489 e. The van der Waals surface area contributed by atoms with Crippen LogP contribution < -0.4 is 14.9 Å². The molecule has 0 heterocycles. The van der Waals surface area contributed by atoms with Crippen LogP contribution >= 0.6 is 11.6 Å². The summed E-state index contributed by atoms with van der Waals surface area (Å²) in [5.74, 6) is 1.02. The lowest BCUT2D eigenvalue weighted by Crippen LogP contribution is -2.33. The Morgan fingerprint density at radius 2 is 1.76 bits per heavy atom. The lowest BCUT2D eigenvalue weighted by atomic mass is 10.1. The average molecular weight is 459 g/mol. The van der Waals surface area contributed by atoms with Gasteiger partial charge in [-0.15, -0.1) is 0 Å². The molecule has 6 heteroatoms. The van der Waals surface area contributed by atoms with Crippen molar-refractivity contribution in [3.63, 3.8) is 0 Å². The van der Waals surface area contributed by atoms with Crippen LogP contribution in [0.25, 0.3) is 10.8 Å². The van der Waals surface area contributed by atoms with Gasteiger partial charge >= 0.3 is 0 Å². The molecule has 0 saturated carbocycles. The zero-order valence-electron chi connectivity index (χ0n) is 18.1. The van der Waals surface area contributed by atoms with E-state index in [4.69, 9.17) is 21.1 Å². The van der Waals surface area contributed by atoms with Gasteiger partial charge in [0.1, 0.15) is 18.1 Å². The van der Waals surface area contributed by atoms with E-state index in [0.29, 0.717) is 23.1 Å². The van der Waals surface area contributed by atoms with E-state index in [1.165, 1.54) is 0 Å². The average Bonchev–Trinajstić information content (AvgIpc) is 2.84. The third-order valence-electron chi connectivity index (χ3n) is 4.99. The molecule has 0 aliphatic carbocycles. The predicted octanol–water partition coefficient (Wildman–Crippen LogP) is 5.99. The number of amides is 1. The summed E-state index contributed by atoms with van der Waals surface area (Å²) in [6.45, 7) is 2.12. The number of carbonyl (C=O) groups is 1. The number of fused-ring (bicyclic) bond motifs is 1. The van der Waals surface area contributed by atoms with Gasteiger partial charge in [0.2, 0.25) is 0 Å². The van der Waals surface area contributed by atoms with Crippen molar-refractivity contribution in [2.45, 2.75) is 19.6 Å². The summed E-state index contributed by atoms with van der Waals surface area (Å²) in [6.07, 6.45) is 0.861. The Labute approximate surface area is 197 Å². The van der Waals surface area contributed by atoms with E-state index in [1.54, 1.807) is 13.1 Å². The smallest absolute Gasteiger partial charge is 0.280 e. The van der Waals surface area contributed by atoms with Gasteiger partial charge in [-0.1, -0.05) is 72.3 Å². The Morgan fingerprint density at radius 1 is 1.00 bits per heavy atom. The SMILES string of the molecule is C[C@@H](Oc1cccc2ccccc12)C(=O)N/N=C\c1cccc(OCc2ccc(Cl)cc2)c1. The van der Waals surface area contributed by atoms with Gasteiger partial charge in [0, 0.05) is 10.4 Å². The van der Waals surface area contributed by atoms with E-state index < -0.39 is 6.10 Å². The first-order valence-corrected chi connectivity index (χ1v) is 10.9. The Kier molecular flexibility index (Phi) is 7.22. The molecule has 4 rings (SSSR count). The molecule has 0 radical (unpaired) electrons. The molecule has 4 aromatic rings.